The largest absolute Gasteiger partial charge is 0.512 e. The molecular weight excluding hydrogens is 262 g/mol. The number of aryl methyl sites for hydroxylation is 1. The van der Waals surface area contributed by atoms with Crippen molar-refractivity contribution in [2.45, 2.75) is 13.8 Å². The molecule has 6 heteroatoms. The summed E-state index contributed by atoms with van der Waals surface area (Å²) in [5, 5.41) is 12.1. The molecule has 0 atom stereocenters. The van der Waals surface area contributed by atoms with E-state index in [-0.39, 0.29) is 16.4 Å². The Labute approximate surface area is 116 Å². The van der Waals surface area contributed by atoms with Gasteiger partial charge in [-0.15, -0.1) is 0 Å². The van der Waals surface area contributed by atoms with Gasteiger partial charge in [-0.3, -0.25) is 4.79 Å². The smallest absolute Gasteiger partial charge is 0.260 e. The molecule has 0 spiro atoms. The Morgan fingerprint density at radius 1 is 1.47 bits per heavy atom. The number of aliphatic hydroxyl groups excluding tert-OH is 1. The summed E-state index contributed by atoms with van der Waals surface area (Å²) in [6.07, 6.45) is 1.14. The summed E-state index contributed by atoms with van der Waals surface area (Å²) in [6.45, 7) is 3.26. The number of amides is 1. The van der Waals surface area contributed by atoms with Gasteiger partial charge in [0.15, 0.2) is 5.11 Å². The number of nitrogens with zero attached hydrogens (tertiary/aromatic N) is 1. The minimum absolute atomic E-state index is 0.0102. The second-order valence-corrected chi connectivity index (χ2v) is 4.28. The minimum Gasteiger partial charge on any atom is -0.512 e. The molecule has 0 radical (unpaired) electrons. The number of hydrogen-bond acceptors (Lipinski definition) is 3. The summed E-state index contributed by atoms with van der Waals surface area (Å²) in [4.78, 5) is 15.7. The fraction of sp³-hybridized carbons (Fsp3) is 0.154. The highest BCUT2D eigenvalue weighted by atomic mass is 32.1. The molecule has 0 aliphatic rings. The first kappa shape index (κ1) is 14.8. The Morgan fingerprint density at radius 2 is 2.11 bits per heavy atom. The van der Waals surface area contributed by atoms with Crippen LogP contribution in [0.15, 0.2) is 40.6 Å². The SMILES string of the molecule is C/C(O)=C(\C=N\C(N)=S)C(=O)Nc1ccccc1C. The highest BCUT2D eigenvalue weighted by Gasteiger charge is 2.12. The second-order valence-electron chi connectivity index (χ2n) is 3.86. The number of nitrogens with one attached hydrogen (secondary N) is 1. The number of carbonyl (C=O) groups is 1. The van der Waals surface area contributed by atoms with Gasteiger partial charge in [0, 0.05) is 11.9 Å². The van der Waals surface area contributed by atoms with Gasteiger partial charge in [0.1, 0.15) is 5.76 Å². The number of thiocarbonyl (C=S) groups is 1. The van der Waals surface area contributed by atoms with Gasteiger partial charge >= 0.3 is 0 Å². The van der Waals surface area contributed by atoms with E-state index >= 15 is 0 Å². The monoisotopic (exact) mass is 277 g/mol. The standard InChI is InChI=1S/C13H15N3O2S/c1-8-5-3-4-6-11(8)16-12(18)10(9(2)17)7-15-13(14)19/h3-7,17H,1-2H3,(H2,14,19)(H,16,18)/b10-9-,15-7+. The number of anilines is 1. The van der Waals surface area contributed by atoms with Crippen molar-refractivity contribution in [2.75, 3.05) is 5.32 Å². The molecule has 0 bridgehead atoms. The molecule has 0 fully saturated rings. The van der Waals surface area contributed by atoms with Crippen molar-refractivity contribution in [1.82, 2.24) is 0 Å². The molecule has 0 aliphatic carbocycles. The number of allylic oxidation sites excluding steroid dienone is 1. The maximum atomic E-state index is 12.0. The van der Waals surface area contributed by atoms with Crippen LogP contribution in [-0.2, 0) is 4.79 Å². The van der Waals surface area contributed by atoms with Crippen molar-refractivity contribution in [1.29, 1.82) is 0 Å². The molecule has 1 amide bonds. The lowest BCUT2D eigenvalue weighted by Crippen LogP contribution is -2.18. The number of carbonyl (C=O) groups excluding carboxylic acids is 1. The summed E-state index contributed by atoms with van der Waals surface area (Å²) >= 11 is 4.58. The topological polar surface area (TPSA) is 87.7 Å². The zero-order chi connectivity index (χ0) is 14.4. The van der Waals surface area contributed by atoms with E-state index in [1.165, 1.54) is 6.92 Å². The fourth-order valence-electron chi connectivity index (χ4n) is 1.35. The van der Waals surface area contributed by atoms with E-state index in [9.17, 15) is 9.90 Å². The van der Waals surface area contributed by atoms with E-state index in [1.54, 1.807) is 12.1 Å². The molecule has 100 valence electrons. The van der Waals surface area contributed by atoms with Crippen LogP contribution in [0.2, 0.25) is 0 Å². The predicted octanol–water partition coefficient (Wildman–Crippen LogP) is 2.08. The molecule has 0 aliphatic heterocycles. The Balaban J connectivity index is 2.95. The third-order valence-electron chi connectivity index (χ3n) is 2.35. The number of benzene rings is 1. The summed E-state index contributed by atoms with van der Waals surface area (Å²) in [5.74, 6) is -0.639. The molecule has 1 rings (SSSR count). The zero-order valence-corrected chi connectivity index (χ0v) is 11.5. The number of para-hydroxylation sites is 1. The molecule has 0 heterocycles. The van der Waals surface area contributed by atoms with Crippen molar-refractivity contribution in [3.8, 4) is 0 Å². The first-order valence-electron chi connectivity index (χ1n) is 5.52. The number of aliphatic hydroxyl groups is 1. The van der Waals surface area contributed by atoms with E-state index in [0.29, 0.717) is 5.69 Å². The van der Waals surface area contributed by atoms with Crippen LogP contribution in [0.4, 0.5) is 5.69 Å². The Bertz CT molecular complexity index is 561. The van der Waals surface area contributed by atoms with Gasteiger partial charge in [0.25, 0.3) is 5.91 Å². The van der Waals surface area contributed by atoms with Crippen LogP contribution >= 0.6 is 12.2 Å². The first-order chi connectivity index (χ1) is 8.91. The Hall–Kier alpha value is -2.21. The van der Waals surface area contributed by atoms with Gasteiger partial charge in [-0.05, 0) is 37.7 Å². The van der Waals surface area contributed by atoms with Crippen LogP contribution in [-0.4, -0.2) is 22.3 Å². The lowest BCUT2D eigenvalue weighted by Gasteiger charge is -2.08. The highest BCUT2D eigenvalue weighted by molar-refractivity contribution is 7.80. The van der Waals surface area contributed by atoms with Crippen LogP contribution in [0.25, 0.3) is 0 Å². The fourth-order valence-corrected chi connectivity index (χ4v) is 1.40. The van der Waals surface area contributed by atoms with Crippen LogP contribution in [0.5, 0.6) is 0 Å². The van der Waals surface area contributed by atoms with Gasteiger partial charge in [0.05, 0.1) is 5.57 Å². The lowest BCUT2D eigenvalue weighted by atomic mass is 10.2. The summed E-state index contributed by atoms with van der Waals surface area (Å²) in [7, 11) is 0. The third kappa shape index (κ3) is 4.51. The van der Waals surface area contributed by atoms with Crippen molar-refractivity contribution in [2.24, 2.45) is 10.7 Å². The molecule has 4 N–H and O–H groups in total. The molecule has 0 unspecified atom stereocenters. The van der Waals surface area contributed by atoms with Crippen molar-refractivity contribution in [3.05, 3.63) is 41.2 Å². The second kappa shape index (κ2) is 6.65. The summed E-state index contributed by atoms with van der Waals surface area (Å²) in [5.41, 5.74) is 6.80. The van der Waals surface area contributed by atoms with E-state index in [0.717, 1.165) is 11.8 Å². The molecule has 0 saturated heterocycles. The quantitative estimate of drug-likeness (QED) is 0.341. The van der Waals surface area contributed by atoms with Crippen LogP contribution in [0.3, 0.4) is 0 Å². The maximum Gasteiger partial charge on any atom is 0.260 e. The van der Waals surface area contributed by atoms with Crippen molar-refractivity contribution >= 4 is 35.1 Å². The molecule has 0 saturated carbocycles. The number of hydrogen-bond donors (Lipinski definition) is 3. The van der Waals surface area contributed by atoms with Crippen LogP contribution < -0.4 is 11.1 Å². The van der Waals surface area contributed by atoms with Gasteiger partial charge in [-0.25, -0.2) is 4.99 Å². The molecular formula is C13H15N3O2S. The van der Waals surface area contributed by atoms with E-state index in [2.05, 4.69) is 22.5 Å². The number of aliphatic imine (C=N–C) groups is 1. The van der Waals surface area contributed by atoms with Crippen molar-refractivity contribution in [3.63, 3.8) is 0 Å². The van der Waals surface area contributed by atoms with Gasteiger partial charge < -0.3 is 16.2 Å². The lowest BCUT2D eigenvalue weighted by molar-refractivity contribution is -0.112. The van der Waals surface area contributed by atoms with Crippen molar-refractivity contribution < 1.29 is 9.90 Å². The summed E-state index contributed by atoms with van der Waals surface area (Å²) in [6, 6.07) is 7.31. The predicted molar refractivity (Wildman–Crippen MR) is 80.4 cm³/mol. The average molecular weight is 277 g/mol. The average Bonchev–Trinajstić information content (AvgIpc) is 2.31. The van der Waals surface area contributed by atoms with E-state index < -0.39 is 5.91 Å². The molecule has 0 aromatic heterocycles. The van der Waals surface area contributed by atoms with Gasteiger partial charge in [-0.1, -0.05) is 18.2 Å². The first-order valence-corrected chi connectivity index (χ1v) is 5.93. The molecule has 5 nitrogen and oxygen atoms in total. The maximum absolute atomic E-state index is 12.0. The van der Waals surface area contributed by atoms with Crippen LogP contribution in [0.1, 0.15) is 12.5 Å². The van der Waals surface area contributed by atoms with Gasteiger partial charge in [0.2, 0.25) is 0 Å². The number of nitrogens with two attached hydrogens (primary N) is 1. The molecule has 1 aromatic rings. The number of rotatable bonds is 3. The zero-order valence-electron chi connectivity index (χ0n) is 10.7. The van der Waals surface area contributed by atoms with Gasteiger partial charge in [-0.2, -0.15) is 0 Å². The Kier molecular flexibility index (Phi) is 5.20. The summed E-state index contributed by atoms with van der Waals surface area (Å²) < 4.78 is 0. The Morgan fingerprint density at radius 3 is 2.63 bits per heavy atom. The normalized spacial score (nSPS) is 12.1. The van der Waals surface area contributed by atoms with E-state index in [4.69, 9.17) is 5.73 Å². The third-order valence-corrected chi connectivity index (χ3v) is 2.45. The molecule has 1 aromatic carbocycles. The molecule has 19 heavy (non-hydrogen) atoms. The highest BCUT2D eigenvalue weighted by Crippen LogP contribution is 2.14. The minimum atomic E-state index is -0.477. The van der Waals surface area contributed by atoms with E-state index in [1.807, 2.05) is 19.1 Å². The van der Waals surface area contributed by atoms with Crippen LogP contribution in [0, 0.1) is 6.92 Å².